The van der Waals surface area contributed by atoms with Crippen LogP contribution in [-0.4, -0.2) is 57.3 Å². The fraction of sp³-hybridized carbons (Fsp3) is 0.929. The molecule has 35 heavy (non-hydrogen) atoms. The molecule has 0 saturated heterocycles. The second-order valence-electron chi connectivity index (χ2n) is 12.8. The first kappa shape index (κ1) is 26.9. The highest BCUT2D eigenvalue weighted by atomic mass is 16.5. The van der Waals surface area contributed by atoms with E-state index in [1.165, 1.54) is 0 Å². The molecule has 4 aliphatic carbocycles. The topological polar surface area (TPSA) is 124 Å². The maximum Gasteiger partial charge on any atom is 0.306 e. The first-order valence-electron chi connectivity index (χ1n) is 13.9. The lowest BCUT2D eigenvalue weighted by atomic mass is 9.43. The van der Waals surface area contributed by atoms with Crippen molar-refractivity contribution in [3.05, 3.63) is 0 Å². The highest BCUT2D eigenvalue weighted by Gasteiger charge is 2.65. The van der Waals surface area contributed by atoms with Gasteiger partial charge in [0.25, 0.3) is 0 Å². The monoisotopic (exact) mass is 494 g/mol. The number of aliphatic hydroxyl groups is 3. The lowest BCUT2D eigenvalue weighted by Crippen LogP contribution is -2.62. The number of aliphatic hydroxyl groups excluding tert-OH is 3. The fourth-order valence-corrected chi connectivity index (χ4v) is 9.21. The number of aliphatic carboxylic acids is 1. The first-order valence-corrected chi connectivity index (χ1v) is 13.9. The zero-order valence-corrected chi connectivity index (χ0v) is 21.7. The number of ether oxygens (including phenoxy) is 1. The van der Waals surface area contributed by atoms with Crippen molar-refractivity contribution >= 4 is 11.9 Å². The number of fused-ring (bicyclic) bond motifs is 5. The smallest absolute Gasteiger partial charge is 0.306 e. The molecule has 4 rings (SSSR count). The average Bonchev–Trinajstić information content (AvgIpc) is 3.15. The van der Waals surface area contributed by atoms with Gasteiger partial charge in [0.1, 0.15) is 0 Å². The first-order chi connectivity index (χ1) is 16.5. The summed E-state index contributed by atoms with van der Waals surface area (Å²) in [6, 6.07) is 0. The number of carbonyl (C=O) groups is 2. The van der Waals surface area contributed by atoms with Gasteiger partial charge in [0.2, 0.25) is 0 Å². The molecule has 2 unspecified atom stereocenters. The zero-order valence-electron chi connectivity index (χ0n) is 21.7. The largest absolute Gasteiger partial charge is 0.481 e. The van der Waals surface area contributed by atoms with Gasteiger partial charge >= 0.3 is 11.9 Å². The summed E-state index contributed by atoms with van der Waals surface area (Å²) in [4.78, 5) is 22.3. The molecule has 0 amide bonds. The van der Waals surface area contributed by atoms with Crippen LogP contribution in [0.4, 0.5) is 0 Å². The van der Waals surface area contributed by atoms with E-state index >= 15 is 0 Å². The second-order valence-corrected chi connectivity index (χ2v) is 12.8. The summed E-state index contributed by atoms with van der Waals surface area (Å²) in [5, 5.41) is 42.0. The van der Waals surface area contributed by atoms with Gasteiger partial charge in [0.05, 0.1) is 37.8 Å². The van der Waals surface area contributed by atoms with Crippen molar-refractivity contribution in [3.8, 4) is 0 Å². The third kappa shape index (κ3) is 4.89. The number of carboxylic acids is 1. The molecule has 0 aromatic carbocycles. The van der Waals surface area contributed by atoms with Gasteiger partial charge < -0.3 is 25.2 Å². The molecule has 0 radical (unpaired) electrons. The minimum Gasteiger partial charge on any atom is -0.481 e. The van der Waals surface area contributed by atoms with Crippen LogP contribution in [0.15, 0.2) is 0 Å². The van der Waals surface area contributed by atoms with Crippen molar-refractivity contribution in [2.45, 2.75) is 110 Å². The van der Waals surface area contributed by atoms with E-state index in [0.29, 0.717) is 36.2 Å². The van der Waals surface area contributed by atoms with E-state index in [1.54, 1.807) is 0 Å². The Morgan fingerprint density at radius 3 is 2.46 bits per heavy atom. The third-order valence-corrected chi connectivity index (χ3v) is 11.1. The fourth-order valence-electron chi connectivity index (χ4n) is 9.21. The Balaban J connectivity index is 1.39. The maximum atomic E-state index is 11.7. The van der Waals surface area contributed by atoms with Crippen LogP contribution in [0.3, 0.4) is 0 Å². The van der Waals surface area contributed by atoms with Crippen LogP contribution in [0.25, 0.3) is 0 Å². The minimum absolute atomic E-state index is 0.0830. The third-order valence-electron chi connectivity index (χ3n) is 11.1. The molecule has 4 aliphatic rings. The van der Waals surface area contributed by atoms with Crippen molar-refractivity contribution in [2.75, 3.05) is 6.61 Å². The van der Waals surface area contributed by atoms with Crippen LogP contribution in [0.1, 0.15) is 91.4 Å². The summed E-state index contributed by atoms with van der Waals surface area (Å²) >= 11 is 0. The van der Waals surface area contributed by atoms with Gasteiger partial charge in [-0.05, 0) is 104 Å². The predicted molar refractivity (Wildman–Crippen MR) is 130 cm³/mol. The molecule has 0 aromatic heterocycles. The normalized spacial score (nSPS) is 45.7. The standard InChI is InChI=1S/C28H46O7/c1-16(5-4-12-35-25(34)9-8-24(32)33)19-6-7-20-26-21(15-23(31)28(19,20)3)27(2)11-10-18(29)13-17(27)14-22(26)30/h16-23,26,29-31H,4-15H2,1-3H3,(H,32,33)/t16-,17-,18-,19-,20+,21?,22-,23+,26?,27+,28-/m1/s1. The summed E-state index contributed by atoms with van der Waals surface area (Å²) < 4.78 is 5.21. The molecule has 0 heterocycles. The second kappa shape index (κ2) is 10.3. The van der Waals surface area contributed by atoms with Crippen molar-refractivity contribution in [3.63, 3.8) is 0 Å². The van der Waals surface area contributed by atoms with Gasteiger partial charge in [0, 0.05) is 0 Å². The van der Waals surface area contributed by atoms with Crippen molar-refractivity contribution in [2.24, 2.45) is 46.3 Å². The molecule has 11 atom stereocenters. The van der Waals surface area contributed by atoms with Gasteiger partial charge in [0.15, 0.2) is 0 Å². The molecular weight excluding hydrogens is 448 g/mol. The van der Waals surface area contributed by atoms with Gasteiger partial charge in [-0.3, -0.25) is 9.59 Å². The van der Waals surface area contributed by atoms with E-state index < -0.39 is 18.0 Å². The van der Waals surface area contributed by atoms with E-state index in [9.17, 15) is 24.9 Å². The van der Waals surface area contributed by atoms with Gasteiger partial charge in [-0.2, -0.15) is 0 Å². The van der Waals surface area contributed by atoms with E-state index in [1.807, 2.05) is 0 Å². The Morgan fingerprint density at radius 2 is 1.74 bits per heavy atom. The molecular formula is C28H46O7. The van der Waals surface area contributed by atoms with E-state index in [4.69, 9.17) is 9.84 Å². The Hall–Kier alpha value is -1.18. The van der Waals surface area contributed by atoms with Gasteiger partial charge in [-0.25, -0.2) is 0 Å². The van der Waals surface area contributed by atoms with Crippen LogP contribution < -0.4 is 0 Å². The number of rotatable bonds is 8. The molecule has 0 aromatic rings. The van der Waals surface area contributed by atoms with E-state index in [2.05, 4.69) is 20.8 Å². The number of carboxylic acid groups (broad SMARTS) is 1. The van der Waals surface area contributed by atoms with Crippen LogP contribution in [0.2, 0.25) is 0 Å². The van der Waals surface area contributed by atoms with Gasteiger partial charge in [-0.1, -0.05) is 20.8 Å². The quantitative estimate of drug-likeness (QED) is 0.299. The maximum absolute atomic E-state index is 11.7. The highest BCUT2D eigenvalue weighted by molar-refractivity contribution is 5.76. The van der Waals surface area contributed by atoms with Crippen LogP contribution in [0.5, 0.6) is 0 Å². The molecule has 4 fully saturated rings. The summed E-state index contributed by atoms with van der Waals surface area (Å²) in [7, 11) is 0. The highest BCUT2D eigenvalue weighted by Crippen LogP contribution is 2.68. The summed E-state index contributed by atoms with van der Waals surface area (Å²) in [5.41, 5.74) is -0.142. The Morgan fingerprint density at radius 1 is 1.00 bits per heavy atom. The summed E-state index contributed by atoms with van der Waals surface area (Å²) in [6.07, 6.45) is 6.47. The molecule has 0 aliphatic heterocycles. The molecule has 4 N–H and O–H groups in total. The van der Waals surface area contributed by atoms with E-state index in [0.717, 1.165) is 57.8 Å². The lowest BCUT2D eigenvalue weighted by molar-refractivity contribution is -0.207. The summed E-state index contributed by atoms with van der Waals surface area (Å²) in [6.45, 7) is 7.15. The van der Waals surface area contributed by atoms with Gasteiger partial charge in [-0.15, -0.1) is 0 Å². The van der Waals surface area contributed by atoms with Crippen LogP contribution in [0, 0.1) is 46.3 Å². The number of hydrogen-bond donors (Lipinski definition) is 4. The molecule has 7 heteroatoms. The molecule has 7 nitrogen and oxygen atoms in total. The number of esters is 1. The van der Waals surface area contributed by atoms with Crippen molar-refractivity contribution < 1.29 is 34.8 Å². The van der Waals surface area contributed by atoms with Crippen molar-refractivity contribution in [1.29, 1.82) is 0 Å². The lowest BCUT2D eigenvalue weighted by Gasteiger charge is -2.63. The number of hydrogen-bond acceptors (Lipinski definition) is 6. The van der Waals surface area contributed by atoms with Crippen LogP contribution >= 0.6 is 0 Å². The molecule has 0 spiro atoms. The average molecular weight is 495 g/mol. The molecule has 4 saturated carbocycles. The Labute approximate surface area is 209 Å². The van der Waals surface area contributed by atoms with E-state index in [-0.39, 0.29) is 41.8 Å². The predicted octanol–water partition coefficient (Wildman–Crippen LogP) is 3.77. The minimum atomic E-state index is -0.999. The summed E-state index contributed by atoms with van der Waals surface area (Å²) in [5.74, 6) is 0.408. The number of carbonyl (C=O) groups excluding carboxylic acids is 1. The zero-order chi connectivity index (χ0) is 25.5. The Bertz CT molecular complexity index is 785. The Kier molecular flexibility index (Phi) is 7.90. The SMILES string of the molecule is C[C@H](CCCOC(=O)CCC(=O)O)[C@H]1CC[C@H]2C3C(C[C@H](O)[C@]12C)[C@@]1(C)CC[C@@H](O)C[C@@H]1C[C@H]3O. The van der Waals surface area contributed by atoms with Crippen molar-refractivity contribution in [1.82, 2.24) is 0 Å². The molecule has 0 bridgehead atoms. The van der Waals surface area contributed by atoms with Crippen LogP contribution in [-0.2, 0) is 14.3 Å². The molecule has 200 valence electrons.